The van der Waals surface area contributed by atoms with Crippen LogP contribution in [-0.4, -0.2) is 17.3 Å². The lowest BCUT2D eigenvalue weighted by atomic mass is 10.2. The zero-order chi connectivity index (χ0) is 11.1. The van der Waals surface area contributed by atoms with Crippen molar-refractivity contribution in [1.29, 1.82) is 0 Å². The first kappa shape index (κ1) is 12.9. The van der Waals surface area contributed by atoms with Gasteiger partial charge >= 0.3 is 0 Å². The molecule has 0 atom stereocenters. The van der Waals surface area contributed by atoms with Crippen molar-refractivity contribution >= 4 is 16.8 Å². The Morgan fingerprint density at radius 3 is 2.43 bits per heavy atom. The summed E-state index contributed by atoms with van der Waals surface area (Å²) < 4.78 is 4.87. The summed E-state index contributed by atoms with van der Waals surface area (Å²) in [5.41, 5.74) is 1.10. The summed E-state index contributed by atoms with van der Waals surface area (Å²) in [5, 5.41) is -0.544. The van der Waals surface area contributed by atoms with Gasteiger partial charge in [0, 0.05) is 6.20 Å². The predicted molar refractivity (Wildman–Crippen MR) is 57.1 cm³/mol. The molecule has 0 fully saturated rings. The molecule has 3 nitrogen and oxygen atoms in total. The Morgan fingerprint density at radius 2 is 2.07 bits per heavy atom. The van der Waals surface area contributed by atoms with Gasteiger partial charge in [0.1, 0.15) is 0 Å². The van der Waals surface area contributed by atoms with E-state index in [1.807, 2.05) is 13.8 Å². The second kappa shape index (κ2) is 6.38. The van der Waals surface area contributed by atoms with Crippen molar-refractivity contribution in [2.24, 2.45) is 0 Å². The van der Waals surface area contributed by atoms with Crippen LogP contribution >= 0.6 is 11.6 Å². The van der Waals surface area contributed by atoms with Crippen molar-refractivity contribution in [3.05, 3.63) is 23.4 Å². The number of hydrogen-bond donors (Lipinski definition) is 0. The van der Waals surface area contributed by atoms with E-state index < -0.39 is 5.24 Å². The Balaban J connectivity index is 0.000000791. The van der Waals surface area contributed by atoms with Gasteiger partial charge in [0.05, 0.1) is 12.7 Å². The van der Waals surface area contributed by atoms with Crippen molar-refractivity contribution in [3.8, 4) is 5.88 Å². The van der Waals surface area contributed by atoms with Crippen molar-refractivity contribution in [2.75, 3.05) is 7.11 Å². The lowest BCUT2D eigenvalue weighted by Crippen LogP contribution is -2.00. The second-order valence-electron chi connectivity index (χ2n) is 2.29. The standard InChI is InChI=1S/C8H8ClNO2.C2H6/c1-5-3-4-10-8(12-2)6(5)7(9)11;1-2/h3-4H,1-2H3;1-2H3. The van der Waals surface area contributed by atoms with Gasteiger partial charge < -0.3 is 4.74 Å². The molecule has 0 spiro atoms. The maximum Gasteiger partial charge on any atom is 0.258 e. The summed E-state index contributed by atoms with van der Waals surface area (Å²) in [6.45, 7) is 5.78. The highest BCUT2D eigenvalue weighted by atomic mass is 35.5. The molecule has 1 heterocycles. The van der Waals surface area contributed by atoms with Crippen LogP contribution in [-0.2, 0) is 0 Å². The third-order valence-corrected chi connectivity index (χ3v) is 1.70. The van der Waals surface area contributed by atoms with Gasteiger partial charge in [0.2, 0.25) is 5.88 Å². The molecule has 1 aromatic heterocycles. The molecule has 0 aliphatic carbocycles. The fraction of sp³-hybridized carbons (Fsp3) is 0.400. The van der Waals surface area contributed by atoms with Crippen LogP contribution in [0, 0.1) is 6.92 Å². The Kier molecular flexibility index (Phi) is 5.88. The molecule has 0 N–H and O–H groups in total. The van der Waals surface area contributed by atoms with Crippen LogP contribution in [0.15, 0.2) is 12.3 Å². The fourth-order valence-corrected chi connectivity index (χ4v) is 1.16. The highest BCUT2D eigenvalue weighted by molar-refractivity contribution is 6.68. The lowest BCUT2D eigenvalue weighted by Gasteiger charge is -2.04. The molecule has 4 heteroatoms. The van der Waals surface area contributed by atoms with Crippen LogP contribution in [0.3, 0.4) is 0 Å². The fourth-order valence-electron chi connectivity index (χ4n) is 0.927. The molecule has 0 unspecified atom stereocenters. The predicted octanol–water partition coefficient (Wildman–Crippen LogP) is 2.80. The maximum atomic E-state index is 10.9. The number of aromatic nitrogens is 1. The highest BCUT2D eigenvalue weighted by Gasteiger charge is 2.13. The summed E-state index contributed by atoms with van der Waals surface area (Å²) in [4.78, 5) is 14.7. The number of aryl methyl sites for hydroxylation is 1. The second-order valence-corrected chi connectivity index (χ2v) is 2.63. The number of rotatable bonds is 2. The smallest absolute Gasteiger partial charge is 0.258 e. The van der Waals surface area contributed by atoms with Gasteiger partial charge in [-0.1, -0.05) is 13.8 Å². The molecular formula is C10H14ClNO2. The van der Waals surface area contributed by atoms with E-state index in [-0.39, 0.29) is 5.88 Å². The Labute approximate surface area is 89.1 Å². The molecule has 14 heavy (non-hydrogen) atoms. The number of hydrogen-bond acceptors (Lipinski definition) is 3. The van der Waals surface area contributed by atoms with Gasteiger partial charge in [0.25, 0.3) is 5.24 Å². The Bertz CT molecular complexity index is 313. The average Bonchev–Trinajstić information content (AvgIpc) is 2.19. The van der Waals surface area contributed by atoms with E-state index in [2.05, 4.69) is 4.98 Å². The quantitative estimate of drug-likeness (QED) is 0.713. The third kappa shape index (κ3) is 3.00. The molecule has 0 amide bonds. The number of halogens is 1. The first-order valence-corrected chi connectivity index (χ1v) is 4.74. The number of carbonyl (C=O) groups excluding carboxylic acids is 1. The zero-order valence-corrected chi connectivity index (χ0v) is 9.55. The van der Waals surface area contributed by atoms with E-state index in [1.165, 1.54) is 7.11 Å². The van der Waals surface area contributed by atoms with E-state index >= 15 is 0 Å². The van der Waals surface area contributed by atoms with Crippen molar-refractivity contribution in [1.82, 2.24) is 4.98 Å². The molecule has 0 saturated heterocycles. The van der Waals surface area contributed by atoms with Gasteiger partial charge in [-0.2, -0.15) is 0 Å². The summed E-state index contributed by atoms with van der Waals surface area (Å²) in [7, 11) is 1.45. The first-order valence-electron chi connectivity index (χ1n) is 4.36. The van der Waals surface area contributed by atoms with Crippen molar-refractivity contribution in [2.45, 2.75) is 20.8 Å². The third-order valence-electron chi connectivity index (χ3n) is 1.51. The molecule has 0 bridgehead atoms. The van der Waals surface area contributed by atoms with E-state index in [1.54, 1.807) is 19.2 Å². The monoisotopic (exact) mass is 215 g/mol. The molecule has 78 valence electrons. The van der Waals surface area contributed by atoms with Crippen LogP contribution in [0.4, 0.5) is 0 Å². The molecule has 0 aromatic carbocycles. The van der Waals surface area contributed by atoms with E-state index in [9.17, 15) is 4.79 Å². The largest absolute Gasteiger partial charge is 0.480 e. The number of nitrogens with zero attached hydrogens (tertiary/aromatic N) is 1. The minimum atomic E-state index is -0.544. The Morgan fingerprint density at radius 1 is 1.50 bits per heavy atom. The summed E-state index contributed by atoms with van der Waals surface area (Å²) in [6.07, 6.45) is 1.57. The number of pyridine rings is 1. The number of ether oxygens (including phenoxy) is 1. The van der Waals surface area contributed by atoms with Crippen LogP contribution in [0.1, 0.15) is 29.8 Å². The molecular weight excluding hydrogens is 202 g/mol. The normalized spacial score (nSPS) is 8.64. The molecule has 1 aromatic rings. The van der Waals surface area contributed by atoms with Gasteiger partial charge in [0.15, 0.2) is 0 Å². The summed E-state index contributed by atoms with van der Waals surface area (Å²) >= 11 is 5.33. The average molecular weight is 216 g/mol. The minimum absolute atomic E-state index is 0.273. The molecule has 0 radical (unpaired) electrons. The highest BCUT2D eigenvalue weighted by Crippen LogP contribution is 2.20. The topological polar surface area (TPSA) is 39.2 Å². The number of methoxy groups -OCH3 is 1. The van der Waals surface area contributed by atoms with E-state index in [0.717, 1.165) is 5.56 Å². The molecule has 0 aliphatic rings. The lowest BCUT2D eigenvalue weighted by molar-refractivity contribution is 0.107. The van der Waals surface area contributed by atoms with Crippen LogP contribution in [0.5, 0.6) is 5.88 Å². The SMILES string of the molecule is CC.COc1nccc(C)c1C(=O)Cl. The molecule has 1 rings (SSSR count). The van der Waals surface area contributed by atoms with Gasteiger partial charge in [-0.3, -0.25) is 4.79 Å². The van der Waals surface area contributed by atoms with Crippen LogP contribution < -0.4 is 4.74 Å². The van der Waals surface area contributed by atoms with Crippen LogP contribution in [0.2, 0.25) is 0 Å². The minimum Gasteiger partial charge on any atom is -0.480 e. The summed E-state index contributed by atoms with van der Waals surface area (Å²) in [6, 6.07) is 1.71. The molecule has 0 saturated carbocycles. The molecule has 0 aliphatic heterocycles. The first-order chi connectivity index (χ1) is 6.66. The summed E-state index contributed by atoms with van der Waals surface area (Å²) in [5.74, 6) is 0.273. The van der Waals surface area contributed by atoms with Gasteiger partial charge in [-0.15, -0.1) is 0 Å². The zero-order valence-electron chi connectivity index (χ0n) is 8.80. The van der Waals surface area contributed by atoms with Crippen molar-refractivity contribution in [3.63, 3.8) is 0 Å². The Hall–Kier alpha value is -1.09. The van der Waals surface area contributed by atoms with Crippen LogP contribution in [0.25, 0.3) is 0 Å². The van der Waals surface area contributed by atoms with Gasteiger partial charge in [-0.25, -0.2) is 4.98 Å². The van der Waals surface area contributed by atoms with Crippen molar-refractivity contribution < 1.29 is 9.53 Å². The number of carbonyl (C=O) groups is 1. The van der Waals surface area contributed by atoms with E-state index in [4.69, 9.17) is 16.3 Å². The van der Waals surface area contributed by atoms with Gasteiger partial charge in [-0.05, 0) is 30.2 Å². The van der Waals surface area contributed by atoms with E-state index in [0.29, 0.717) is 5.56 Å². The maximum absolute atomic E-state index is 10.9.